The van der Waals surface area contributed by atoms with E-state index in [-0.39, 0.29) is 42.7 Å². The summed E-state index contributed by atoms with van der Waals surface area (Å²) in [7, 11) is 3.84. The van der Waals surface area contributed by atoms with Crippen LogP contribution in [0.3, 0.4) is 0 Å². The minimum absolute atomic E-state index is 0. The van der Waals surface area contributed by atoms with E-state index >= 15 is 0 Å². The number of hydrogen-bond acceptors (Lipinski definition) is 3. The van der Waals surface area contributed by atoms with Gasteiger partial charge in [0.15, 0.2) is 0 Å². The van der Waals surface area contributed by atoms with Crippen molar-refractivity contribution in [2.75, 3.05) is 12.4 Å². The number of nitrogens with zero attached hydrogens (tertiary/aromatic N) is 2. The van der Waals surface area contributed by atoms with Gasteiger partial charge >= 0.3 is 0 Å². The Morgan fingerprint density at radius 2 is 1.72 bits per heavy atom. The van der Waals surface area contributed by atoms with Crippen LogP contribution in [0.2, 0.25) is 0 Å². The average Bonchev–Trinajstić information content (AvgIpc) is 3.11. The Kier molecular flexibility index (Phi) is 9.21. The predicted octanol–water partition coefficient (Wildman–Crippen LogP) is 5.10. The molecule has 1 aromatic heterocycles. The largest absolute Gasteiger partial charge is 0.388 e. The summed E-state index contributed by atoms with van der Waals surface area (Å²) in [5, 5.41) is 6.25. The lowest BCUT2D eigenvalue weighted by molar-refractivity contribution is 0.0922. The van der Waals surface area contributed by atoms with Crippen LogP contribution >= 0.6 is 24.8 Å². The summed E-state index contributed by atoms with van der Waals surface area (Å²) in [6, 6.07) is 15.7. The second-order valence-corrected chi connectivity index (χ2v) is 7.00. The molecule has 0 aliphatic heterocycles. The van der Waals surface area contributed by atoms with Crippen LogP contribution in [0.15, 0.2) is 60.9 Å². The van der Waals surface area contributed by atoms with Crippen LogP contribution in [0.25, 0.3) is 11.1 Å². The second kappa shape index (κ2) is 10.9. The van der Waals surface area contributed by atoms with Gasteiger partial charge in [0, 0.05) is 37.7 Å². The third-order valence-electron chi connectivity index (χ3n) is 4.72. The summed E-state index contributed by atoms with van der Waals surface area (Å²) in [5.74, 6) is 0.995. The Hall–Kier alpha value is -2.50. The fraction of sp³-hybridized carbons (Fsp3) is 0.273. The molecule has 0 fully saturated rings. The van der Waals surface area contributed by atoms with Gasteiger partial charge in [0.25, 0.3) is 5.91 Å². The molecule has 0 aliphatic rings. The molecule has 1 unspecified atom stereocenters. The molecule has 0 aliphatic carbocycles. The smallest absolute Gasteiger partial charge is 0.251 e. The summed E-state index contributed by atoms with van der Waals surface area (Å²) in [6.45, 7) is 4.17. The fourth-order valence-corrected chi connectivity index (χ4v) is 3.10. The van der Waals surface area contributed by atoms with Crippen LogP contribution in [0, 0.1) is 5.92 Å². The van der Waals surface area contributed by atoms with Crippen molar-refractivity contribution in [2.45, 2.75) is 19.9 Å². The van der Waals surface area contributed by atoms with E-state index in [0.717, 1.165) is 22.6 Å². The Bertz CT molecular complexity index is 923. The Morgan fingerprint density at radius 3 is 2.28 bits per heavy atom. The highest BCUT2D eigenvalue weighted by Crippen LogP contribution is 2.24. The number of aryl methyl sites for hydroxylation is 1. The van der Waals surface area contributed by atoms with Gasteiger partial charge in [-0.3, -0.25) is 4.79 Å². The molecule has 0 bridgehead atoms. The lowest BCUT2D eigenvalue weighted by atomic mass is 10.0. The van der Waals surface area contributed by atoms with Crippen LogP contribution in [-0.2, 0) is 7.05 Å². The molecule has 0 saturated carbocycles. The van der Waals surface area contributed by atoms with E-state index in [1.807, 2.05) is 73.4 Å². The second-order valence-electron chi connectivity index (χ2n) is 7.00. The average molecular weight is 435 g/mol. The molecule has 3 aromatic rings. The SMILES string of the molecule is CNc1ccc(-c2cccc(C(=O)NC(c3nccn3C)C(C)C)c2)cc1.Cl.Cl. The first-order valence-corrected chi connectivity index (χ1v) is 9.16. The minimum Gasteiger partial charge on any atom is -0.388 e. The lowest BCUT2D eigenvalue weighted by Gasteiger charge is -2.22. The molecular weight excluding hydrogens is 407 g/mol. The van der Waals surface area contributed by atoms with Crippen LogP contribution in [0.4, 0.5) is 5.69 Å². The Labute approximate surface area is 184 Å². The first-order chi connectivity index (χ1) is 13.0. The number of carbonyl (C=O) groups excluding carboxylic acids is 1. The highest BCUT2D eigenvalue weighted by atomic mass is 35.5. The van der Waals surface area contributed by atoms with Crippen molar-refractivity contribution in [1.82, 2.24) is 14.9 Å². The molecule has 5 nitrogen and oxygen atoms in total. The number of aromatic nitrogens is 2. The van der Waals surface area contributed by atoms with E-state index in [4.69, 9.17) is 0 Å². The zero-order chi connectivity index (χ0) is 19.4. The first-order valence-electron chi connectivity index (χ1n) is 9.16. The molecule has 3 rings (SSSR count). The number of imidazole rings is 1. The van der Waals surface area contributed by atoms with Crippen LogP contribution < -0.4 is 10.6 Å². The van der Waals surface area contributed by atoms with Gasteiger partial charge < -0.3 is 15.2 Å². The standard InChI is InChI=1S/C22H26N4O.2ClH/c1-15(2)20(21-24-12-13-26(21)4)25-22(27)18-7-5-6-17(14-18)16-8-10-19(23-3)11-9-16;;/h5-15,20,23H,1-4H3,(H,25,27);2*1H. The molecule has 156 valence electrons. The van der Waals surface area contributed by atoms with Crippen LogP contribution in [-0.4, -0.2) is 22.5 Å². The zero-order valence-corrected chi connectivity index (χ0v) is 18.7. The summed E-state index contributed by atoms with van der Waals surface area (Å²) >= 11 is 0. The van der Waals surface area contributed by atoms with E-state index in [1.54, 1.807) is 6.20 Å². The van der Waals surface area contributed by atoms with Gasteiger partial charge in [-0.25, -0.2) is 4.98 Å². The van der Waals surface area contributed by atoms with E-state index in [1.165, 1.54) is 0 Å². The molecule has 29 heavy (non-hydrogen) atoms. The van der Waals surface area contributed by atoms with Gasteiger partial charge in [-0.1, -0.05) is 38.1 Å². The van der Waals surface area contributed by atoms with E-state index in [9.17, 15) is 4.79 Å². The first kappa shape index (κ1) is 24.5. The molecule has 0 saturated heterocycles. The van der Waals surface area contributed by atoms with E-state index < -0.39 is 0 Å². The van der Waals surface area contributed by atoms with Crippen LogP contribution in [0.1, 0.15) is 36.1 Å². The summed E-state index contributed by atoms with van der Waals surface area (Å²) < 4.78 is 1.95. The molecule has 0 radical (unpaired) electrons. The fourth-order valence-electron chi connectivity index (χ4n) is 3.10. The topological polar surface area (TPSA) is 59.0 Å². The number of amides is 1. The predicted molar refractivity (Wildman–Crippen MR) is 124 cm³/mol. The van der Waals surface area contributed by atoms with Gasteiger partial charge in [-0.15, -0.1) is 24.8 Å². The maximum absolute atomic E-state index is 12.9. The van der Waals surface area contributed by atoms with Gasteiger partial charge in [-0.2, -0.15) is 0 Å². The highest BCUT2D eigenvalue weighted by Gasteiger charge is 2.22. The summed E-state index contributed by atoms with van der Waals surface area (Å²) in [4.78, 5) is 17.3. The maximum Gasteiger partial charge on any atom is 0.251 e. The van der Waals surface area contributed by atoms with Crippen LogP contribution in [0.5, 0.6) is 0 Å². The number of halogens is 2. The van der Waals surface area contributed by atoms with Crippen molar-refractivity contribution in [2.24, 2.45) is 13.0 Å². The van der Waals surface area contributed by atoms with Crippen molar-refractivity contribution in [3.8, 4) is 11.1 Å². The molecule has 1 heterocycles. The quantitative estimate of drug-likeness (QED) is 0.567. The third kappa shape index (κ3) is 5.75. The molecule has 0 spiro atoms. The van der Waals surface area contributed by atoms with Crippen molar-refractivity contribution in [3.63, 3.8) is 0 Å². The van der Waals surface area contributed by atoms with Gasteiger partial charge in [0.05, 0.1) is 6.04 Å². The molecule has 7 heteroatoms. The zero-order valence-electron chi connectivity index (χ0n) is 17.0. The number of rotatable bonds is 6. The monoisotopic (exact) mass is 434 g/mol. The molecule has 2 aromatic carbocycles. The minimum atomic E-state index is -0.143. The number of benzene rings is 2. The van der Waals surface area contributed by atoms with Gasteiger partial charge in [0.2, 0.25) is 0 Å². The number of nitrogens with one attached hydrogen (secondary N) is 2. The number of carbonyl (C=O) groups is 1. The van der Waals surface area contributed by atoms with Crippen molar-refractivity contribution >= 4 is 36.4 Å². The highest BCUT2D eigenvalue weighted by molar-refractivity contribution is 5.95. The summed E-state index contributed by atoms with van der Waals surface area (Å²) in [5.41, 5.74) is 3.80. The summed E-state index contributed by atoms with van der Waals surface area (Å²) in [6.07, 6.45) is 3.65. The normalized spacial score (nSPS) is 11.2. The van der Waals surface area contributed by atoms with Gasteiger partial charge in [-0.05, 0) is 41.3 Å². The molecule has 1 atom stereocenters. The molecule has 1 amide bonds. The molecular formula is C22H28Cl2N4O. The van der Waals surface area contributed by atoms with Crippen molar-refractivity contribution < 1.29 is 4.79 Å². The van der Waals surface area contributed by atoms with E-state index in [0.29, 0.717) is 5.56 Å². The number of anilines is 1. The third-order valence-corrected chi connectivity index (χ3v) is 4.72. The Balaban J connectivity index is 0.00000210. The Morgan fingerprint density at radius 1 is 1.03 bits per heavy atom. The van der Waals surface area contributed by atoms with E-state index in [2.05, 4.69) is 29.5 Å². The number of hydrogen-bond donors (Lipinski definition) is 2. The van der Waals surface area contributed by atoms with Gasteiger partial charge in [0.1, 0.15) is 5.82 Å². The maximum atomic E-state index is 12.9. The van der Waals surface area contributed by atoms with Crippen molar-refractivity contribution in [1.29, 1.82) is 0 Å². The van der Waals surface area contributed by atoms with Crippen molar-refractivity contribution in [3.05, 3.63) is 72.3 Å². The lowest BCUT2D eigenvalue weighted by Crippen LogP contribution is -2.33. The molecule has 2 N–H and O–H groups in total.